The number of carboxylic acid groups (broad SMARTS) is 1. The van der Waals surface area contributed by atoms with Crippen LogP contribution in [0, 0.1) is 6.92 Å². The Kier molecular flexibility index (Phi) is 5.58. The molecular formula is C19H21NO4. The maximum Gasteiger partial charge on any atom is 0.335 e. The highest BCUT2D eigenvalue weighted by Gasteiger charge is 2.13. The summed E-state index contributed by atoms with van der Waals surface area (Å²) in [6.45, 7) is 3.69. The first-order valence-corrected chi connectivity index (χ1v) is 7.68. The number of methoxy groups -OCH3 is 1. The van der Waals surface area contributed by atoms with Crippen molar-refractivity contribution in [2.45, 2.75) is 26.2 Å². The highest BCUT2D eigenvalue weighted by molar-refractivity contribution is 5.93. The molecule has 0 fully saturated rings. The molecule has 0 aliphatic heterocycles. The van der Waals surface area contributed by atoms with Gasteiger partial charge in [-0.1, -0.05) is 19.1 Å². The van der Waals surface area contributed by atoms with Crippen LogP contribution in [0.1, 0.15) is 40.7 Å². The second kappa shape index (κ2) is 7.64. The summed E-state index contributed by atoms with van der Waals surface area (Å²) in [7, 11) is 1.61. The van der Waals surface area contributed by atoms with Crippen LogP contribution in [0.2, 0.25) is 0 Å². The van der Waals surface area contributed by atoms with Gasteiger partial charge in [0.25, 0.3) is 0 Å². The fraction of sp³-hybridized carbons (Fsp3) is 0.263. The van der Waals surface area contributed by atoms with Gasteiger partial charge in [0.05, 0.1) is 12.7 Å². The van der Waals surface area contributed by atoms with Crippen molar-refractivity contribution in [1.29, 1.82) is 0 Å². The molecule has 1 unspecified atom stereocenters. The largest absolute Gasteiger partial charge is 0.497 e. The number of hydrogen-bond acceptors (Lipinski definition) is 3. The van der Waals surface area contributed by atoms with Gasteiger partial charge in [-0.15, -0.1) is 0 Å². The number of nitrogens with one attached hydrogen (secondary N) is 1. The number of rotatable bonds is 6. The molecule has 126 valence electrons. The molecule has 0 spiro atoms. The molecule has 1 amide bonds. The number of aromatic carboxylic acids is 1. The highest BCUT2D eigenvalue weighted by Crippen LogP contribution is 2.24. The lowest BCUT2D eigenvalue weighted by atomic mass is 9.97. The Morgan fingerprint density at radius 3 is 2.58 bits per heavy atom. The van der Waals surface area contributed by atoms with Crippen molar-refractivity contribution >= 4 is 17.6 Å². The number of ether oxygens (including phenoxy) is 1. The number of carboxylic acids is 1. The molecule has 0 aliphatic carbocycles. The standard InChI is InChI=1S/C19H21NO4/c1-12(14-5-4-6-16(11-14)24-3)10-18(21)20-15-7-8-17(19(22)23)13(2)9-15/h4-9,11-12H,10H2,1-3H3,(H,20,21)(H,22,23). The van der Waals surface area contributed by atoms with Crippen molar-refractivity contribution in [3.63, 3.8) is 0 Å². The minimum atomic E-state index is -0.975. The zero-order valence-electron chi connectivity index (χ0n) is 14.0. The average Bonchev–Trinajstić information content (AvgIpc) is 2.54. The predicted octanol–water partition coefficient (Wildman–Crippen LogP) is 3.83. The summed E-state index contributed by atoms with van der Waals surface area (Å²) in [5.74, 6) is -0.288. The summed E-state index contributed by atoms with van der Waals surface area (Å²) in [4.78, 5) is 23.2. The van der Waals surface area contributed by atoms with Gasteiger partial charge in [0.15, 0.2) is 0 Å². The first-order valence-electron chi connectivity index (χ1n) is 7.68. The molecule has 2 N–H and O–H groups in total. The Hall–Kier alpha value is -2.82. The third-order valence-electron chi connectivity index (χ3n) is 3.89. The summed E-state index contributed by atoms with van der Waals surface area (Å²) >= 11 is 0. The lowest BCUT2D eigenvalue weighted by Gasteiger charge is -2.13. The molecule has 0 bridgehead atoms. The first kappa shape index (κ1) is 17.5. The summed E-state index contributed by atoms with van der Waals surface area (Å²) < 4.78 is 5.20. The van der Waals surface area contributed by atoms with Gasteiger partial charge in [0.2, 0.25) is 5.91 Å². The smallest absolute Gasteiger partial charge is 0.335 e. The molecule has 0 aliphatic rings. The molecule has 2 aromatic rings. The average molecular weight is 327 g/mol. The van der Waals surface area contributed by atoms with E-state index in [0.29, 0.717) is 17.7 Å². The van der Waals surface area contributed by atoms with E-state index in [4.69, 9.17) is 9.84 Å². The Bertz CT molecular complexity index is 755. The van der Waals surface area contributed by atoms with E-state index in [-0.39, 0.29) is 17.4 Å². The lowest BCUT2D eigenvalue weighted by Crippen LogP contribution is -2.15. The van der Waals surface area contributed by atoms with Crippen LogP contribution in [0.25, 0.3) is 0 Å². The molecule has 2 aromatic carbocycles. The van der Waals surface area contributed by atoms with Gasteiger partial charge in [-0.05, 0) is 54.3 Å². The summed E-state index contributed by atoms with van der Waals surface area (Å²) in [5, 5.41) is 11.8. The third-order valence-corrected chi connectivity index (χ3v) is 3.89. The van der Waals surface area contributed by atoms with Gasteiger partial charge in [-0.25, -0.2) is 4.79 Å². The van der Waals surface area contributed by atoms with Gasteiger partial charge in [0, 0.05) is 12.1 Å². The van der Waals surface area contributed by atoms with E-state index in [9.17, 15) is 9.59 Å². The van der Waals surface area contributed by atoms with Gasteiger partial charge in [-0.2, -0.15) is 0 Å². The van der Waals surface area contributed by atoms with Crippen LogP contribution in [-0.4, -0.2) is 24.1 Å². The van der Waals surface area contributed by atoms with Gasteiger partial charge in [0.1, 0.15) is 5.75 Å². The van der Waals surface area contributed by atoms with E-state index >= 15 is 0 Å². The number of anilines is 1. The quantitative estimate of drug-likeness (QED) is 0.845. The lowest BCUT2D eigenvalue weighted by molar-refractivity contribution is -0.116. The van der Waals surface area contributed by atoms with Gasteiger partial charge in [-0.3, -0.25) is 4.79 Å². The van der Waals surface area contributed by atoms with Crippen LogP contribution in [0.5, 0.6) is 5.75 Å². The van der Waals surface area contributed by atoms with E-state index in [0.717, 1.165) is 11.3 Å². The topological polar surface area (TPSA) is 75.6 Å². The Morgan fingerprint density at radius 1 is 1.21 bits per heavy atom. The molecule has 1 atom stereocenters. The van der Waals surface area contributed by atoms with Gasteiger partial charge >= 0.3 is 5.97 Å². The zero-order valence-corrected chi connectivity index (χ0v) is 14.0. The van der Waals surface area contributed by atoms with Crippen molar-refractivity contribution in [3.05, 3.63) is 59.2 Å². The van der Waals surface area contributed by atoms with Crippen LogP contribution in [-0.2, 0) is 4.79 Å². The van der Waals surface area contributed by atoms with E-state index in [1.165, 1.54) is 6.07 Å². The number of hydrogen-bond donors (Lipinski definition) is 2. The number of aryl methyl sites for hydroxylation is 1. The Morgan fingerprint density at radius 2 is 1.96 bits per heavy atom. The minimum Gasteiger partial charge on any atom is -0.497 e. The molecule has 0 saturated heterocycles. The molecule has 0 aromatic heterocycles. The van der Waals surface area contributed by atoms with Crippen molar-refractivity contribution in [1.82, 2.24) is 0 Å². The molecular weight excluding hydrogens is 306 g/mol. The summed E-state index contributed by atoms with van der Waals surface area (Å²) in [6.07, 6.45) is 0.326. The van der Waals surface area contributed by atoms with Crippen LogP contribution in [0.3, 0.4) is 0 Å². The number of carbonyl (C=O) groups excluding carboxylic acids is 1. The van der Waals surface area contributed by atoms with E-state index in [1.807, 2.05) is 31.2 Å². The SMILES string of the molecule is COc1cccc(C(C)CC(=O)Nc2ccc(C(=O)O)c(C)c2)c1. The fourth-order valence-corrected chi connectivity index (χ4v) is 2.54. The molecule has 0 heterocycles. The third kappa shape index (κ3) is 4.35. The molecule has 5 nitrogen and oxygen atoms in total. The molecule has 2 rings (SSSR count). The predicted molar refractivity (Wildman–Crippen MR) is 92.8 cm³/mol. The summed E-state index contributed by atoms with van der Waals surface area (Å²) in [5.41, 5.74) is 2.47. The van der Waals surface area contributed by atoms with Crippen LogP contribution in [0.15, 0.2) is 42.5 Å². The second-order valence-corrected chi connectivity index (χ2v) is 5.76. The minimum absolute atomic E-state index is 0.0412. The van der Waals surface area contributed by atoms with Crippen LogP contribution < -0.4 is 10.1 Å². The van der Waals surface area contributed by atoms with Crippen molar-refractivity contribution in [2.24, 2.45) is 0 Å². The number of carbonyl (C=O) groups is 2. The molecule has 5 heteroatoms. The number of benzene rings is 2. The molecule has 0 saturated carbocycles. The van der Waals surface area contributed by atoms with Crippen molar-refractivity contribution in [2.75, 3.05) is 12.4 Å². The molecule has 0 radical (unpaired) electrons. The first-order chi connectivity index (χ1) is 11.4. The maximum atomic E-state index is 12.2. The normalized spacial score (nSPS) is 11.6. The van der Waals surface area contributed by atoms with Crippen LogP contribution >= 0.6 is 0 Å². The fourth-order valence-electron chi connectivity index (χ4n) is 2.54. The summed E-state index contributed by atoms with van der Waals surface area (Å²) in [6, 6.07) is 12.4. The Balaban J connectivity index is 2.02. The highest BCUT2D eigenvalue weighted by atomic mass is 16.5. The monoisotopic (exact) mass is 327 g/mol. The zero-order chi connectivity index (χ0) is 17.7. The van der Waals surface area contributed by atoms with E-state index in [2.05, 4.69) is 5.32 Å². The second-order valence-electron chi connectivity index (χ2n) is 5.76. The van der Waals surface area contributed by atoms with E-state index in [1.54, 1.807) is 26.2 Å². The Labute approximate surface area is 141 Å². The van der Waals surface area contributed by atoms with E-state index < -0.39 is 5.97 Å². The molecule has 24 heavy (non-hydrogen) atoms. The maximum absolute atomic E-state index is 12.2. The number of amides is 1. The van der Waals surface area contributed by atoms with Crippen LogP contribution in [0.4, 0.5) is 5.69 Å². The van der Waals surface area contributed by atoms with Crippen molar-refractivity contribution in [3.8, 4) is 5.75 Å². The van der Waals surface area contributed by atoms with Crippen molar-refractivity contribution < 1.29 is 19.4 Å². The van der Waals surface area contributed by atoms with Gasteiger partial charge < -0.3 is 15.2 Å².